The van der Waals surface area contributed by atoms with E-state index in [9.17, 15) is 5.26 Å². The molecule has 11 aromatic carbocycles. The minimum atomic E-state index is -5.15. The van der Waals surface area contributed by atoms with E-state index in [1.165, 1.54) is 12.1 Å². The first kappa shape index (κ1) is 46.9. The van der Waals surface area contributed by atoms with Gasteiger partial charge in [0.2, 0.25) is 0 Å². The Balaban J connectivity index is 1.09. The van der Waals surface area contributed by atoms with Gasteiger partial charge in [0, 0.05) is 71.2 Å². The maximum Gasteiger partial charge on any atom is 0.417 e. The Hall–Kier alpha value is -10.3. The summed E-state index contributed by atoms with van der Waals surface area (Å²) >= 11 is 0. The number of nitrogens with zero attached hydrogens (tertiary/aromatic N) is 5. The van der Waals surface area contributed by atoms with E-state index in [1.54, 1.807) is 12.1 Å². The van der Waals surface area contributed by atoms with Crippen LogP contribution in [0.4, 0.5) is 26.3 Å². The fraction of sp³-hybridized carbons (Fsp3) is 0.0290. The molecule has 0 bridgehead atoms. The summed E-state index contributed by atoms with van der Waals surface area (Å²) < 4.78 is 100. The van der Waals surface area contributed by atoms with Gasteiger partial charge in [0.15, 0.2) is 0 Å². The van der Waals surface area contributed by atoms with Gasteiger partial charge in [-0.2, -0.15) is 31.6 Å². The smallest absolute Gasteiger partial charge is 0.309 e. The Morgan fingerprint density at radius 2 is 0.662 bits per heavy atom. The number of hydrogen-bond acceptors (Lipinski definition) is 1. The van der Waals surface area contributed by atoms with E-state index in [1.807, 2.05) is 132 Å². The zero-order valence-corrected chi connectivity index (χ0v) is 42.0. The molecule has 0 spiro atoms. The van der Waals surface area contributed by atoms with Gasteiger partial charge < -0.3 is 18.3 Å². The lowest BCUT2D eigenvalue weighted by atomic mass is 9.90. The summed E-state index contributed by atoms with van der Waals surface area (Å²) in [7, 11) is 0. The van der Waals surface area contributed by atoms with Gasteiger partial charge in [-0.05, 0) is 109 Å². The van der Waals surface area contributed by atoms with Crippen LogP contribution in [0.3, 0.4) is 0 Å². The Morgan fingerprint density at radius 1 is 0.300 bits per heavy atom. The van der Waals surface area contributed by atoms with Crippen molar-refractivity contribution >= 4 is 87.2 Å². The molecule has 0 atom stereocenters. The molecule has 0 unspecified atom stereocenters. The molecule has 0 saturated heterocycles. The van der Waals surface area contributed by atoms with Gasteiger partial charge in [0.1, 0.15) is 0 Å². The lowest BCUT2D eigenvalue weighted by Gasteiger charge is -2.22. The highest BCUT2D eigenvalue weighted by Gasteiger charge is 2.41. The average molecular weight is 1050 g/mol. The second-order valence-electron chi connectivity index (χ2n) is 20.2. The quantitative estimate of drug-likeness (QED) is 0.153. The molecule has 0 N–H and O–H groups in total. The topological polar surface area (TPSA) is 43.5 Å². The van der Waals surface area contributed by atoms with E-state index in [2.05, 4.69) is 86.5 Å². The van der Waals surface area contributed by atoms with Crippen molar-refractivity contribution in [2.24, 2.45) is 0 Å². The highest BCUT2D eigenvalue weighted by atomic mass is 19.4. The molecule has 15 rings (SSSR count). The van der Waals surface area contributed by atoms with Gasteiger partial charge >= 0.3 is 12.4 Å². The molecular formula is C69H39F6N5. The molecule has 15 aromatic rings. The van der Waals surface area contributed by atoms with Crippen LogP contribution < -0.4 is 0 Å². The van der Waals surface area contributed by atoms with Crippen molar-refractivity contribution in [3.05, 3.63) is 253 Å². The molecule has 4 aromatic heterocycles. The number of halogens is 6. The average Bonchev–Trinajstić information content (AvgIpc) is 4.39. The summed E-state index contributed by atoms with van der Waals surface area (Å²) in [6, 6.07) is 75.1. The largest absolute Gasteiger partial charge is 0.417 e. The molecule has 0 aliphatic heterocycles. The second kappa shape index (κ2) is 17.3. The van der Waals surface area contributed by atoms with Crippen LogP contribution >= 0.6 is 0 Å². The second-order valence-corrected chi connectivity index (χ2v) is 20.2. The molecule has 0 amide bonds. The van der Waals surface area contributed by atoms with E-state index >= 15 is 26.3 Å². The molecule has 0 radical (unpaired) electrons. The van der Waals surface area contributed by atoms with Crippen LogP contribution in [0.5, 0.6) is 0 Å². The summed E-state index contributed by atoms with van der Waals surface area (Å²) in [6.45, 7) is 0. The molecule has 0 aliphatic rings. The highest BCUT2D eigenvalue weighted by Crippen LogP contribution is 2.49. The SMILES string of the molecule is N#Cc1ccc(-c2ccc(-c3c(C(F)(F)F)cccc3C(F)(F)F)cc2-n2c3ccccc3c3cc4c5ccccc5n(-c5ccccc5)c4cc32)c(-n2c3ccccc3c3cc4c5ccccc5n(-c5ccccc5)c4cc32)c1. The van der Waals surface area contributed by atoms with Crippen molar-refractivity contribution in [2.75, 3.05) is 0 Å². The van der Waals surface area contributed by atoms with Crippen molar-refractivity contribution in [1.29, 1.82) is 5.26 Å². The number of aromatic nitrogens is 4. The number of para-hydroxylation sites is 6. The summed E-state index contributed by atoms with van der Waals surface area (Å²) in [6.07, 6.45) is -10.3. The monoisotopic (exact) mass is 1050 g/mol. The number of alkyl halides is 6. The van der Waals surface area contributed by atoms with Gasteiger partial charge in [0.25, 0.3) is 0 Å². The maximum atomic E-state index is 15.3. The summed E-state index contributed by atoms with van der Waals surface area (Å²) in [5.41, 5.74) is 6.81. The fourth-order valence-electron chi connectivity index (χ4n) is 12.5. The van der Waals surface area contributed by atoms with Crippen LogP contribution in [0.1, 0.15) is 16.7 Å². The third-order valence-electron chi connectivity index (χ3n) is 15.8. The fourth-order valence-corrected chi connectivity index (χ4v) is 12.5. The van der Waals surface area contributed by atoms with Crippen LogP contribution in [-0.2, 0) is 12.4 Å². The van der Waals surface area contributed by atoms with Crippen molar-refractivity contribution in [1.82, 2.24) is 18.3 Å². The summed E-state index contributed by atoms with van der Waals surface area (Å²) in [5.74, 6) is 0. The van der Waals surface area contributed by atoms with Gasteiger partial charge in [0.05, 0.1) is 78.3 Å². The van der Waals surface area contributed by atoms with Crippen LogP contribution in [-0.4, -0.2) is 18.3 Å². The lowest BCUT2D eigenvalue weighted by Crippen LogP contribution is -2.14. The summed E-state index contributed by atoms with van der Waals surface area (Å²) in [4.78, 5) is 0. The van der Waals surface area contributed by atoms with E-state index in [0.717, 1.165) is 93.6 Å². The number of rotatable bonds is 6. The molecule has 0 fully saturated rings. The minimum absolute atomic E-state index is 0.280. The van der Waals surface area contributed by atoms with Crippen molar-refractivity contribution in [3.8, 4) is 51.1 Å². The van der Waals surface area contributed by atoms with Crippen molar-refractivity contribution in [3.63, 3.8) is 0 Å². The third kappa shape index (κ3) is 6.98. The maximum absolute atomic E-state index is 15.3. The minimum Gasteiger partial charge on any atom is -0.309 e. The molecule has 5 nitrogen and oxygen atoms in total. The Labute approximate surface area is 451 Å². The first-order valence-corrected chi connectivity index (χ1v) is 26.0. The molecule has 0 saturated carbocycles. The van der Waals surface area contributed by atoms with Gasteiger partial charge in [-0.3, -0.25) is 0 Å². The zero-order valence-electron chi connectivity index (χ0n) is 42.0. The third-order valence-corrected chi connectivity index (χ3v) is 15.8. The predicted molar refractivity (Wildman–Crippen MR) is 309 cm³/mol. The molecular weight excluding hydrogens is 1010 g/mol. The van der Waals surface area contributed by atoms with E-state index in [0.29, 0.717) is 51.2 Å². The number of nitriles is 1. The van der Waals surface area contributed by atoms with E-state index in [4.69, 9.17) is 0 Å². The molecule has 382 valence electrons. The van der Waals surface area contributed by atoms with Crippen molar-refractivity contribution < 1.29 is 26.3 Å². The van der Waals surface area contributed by atoms with Crippen LogP contribution in [0.15, 0.2) is 237 Å². The van der Waals surface area contributed by atoms with Gasteiger partial charge in [-0.15, -0.1) is 0 Å². The molecule has 80 heavy (non-hydrogen) atoms. The van der Waals surface area contributed by atoms with E-state index in [-0.39, 0.29) is 5.56 Å². The zero-order chi connectivity index (χ0) is 54.2. The van der Waals surface area contributed by atoms with Crippen molar-refractivity contribution in [2.45, 2.75) is 12.4 Å². The summed E-state index contributed by atoms with van der Waals surface area (Å²) in [5, 5.41) is 18.3. The Kier molecular flexibility index (Phi) is 10.2. The molecule has 0 aliphatic carbocycles. The first-order chi connectivity index (χ1) is 38.9. The lowest BCUT2D eigenvalue weighted by molar-refractivity contribution is -0.142. The number of benzene rings is 11. The Morgan fingerprint density at radius 3 is 1.07 bits per heavy atom. The van der Waals surface area contributed by atoms with Crippen LogP contribution in [0.25, 0.3) is 132 Å². The van der Waals surface area contributed by atoms with Gasteiger partial charge in [-0.25, -0.2) is 0 Å². The standard InChI is InChI=1S/C69H39F6N5/c70-68(71,72)55-24-15-25-56(69(73,74)75)67(55)42-31-33-50(62(35-42)80-60-29-14-10-23-48(60)54-37-52-46-21-8-12-27-58(46)78(64(52)39-66(54)80)44-18-5-2-6-19-44)49-32-30-41(40-76)34-61(49)79-59-28-13-9-22-47(59)53-36-51-45-20-7-11-26-57(45)77(63(51)38-65(53)79)43-16-3-1-4-17-43/h1-39H. The number of fused-ring (bicyclic) bond motifs is 12. The van der Waals surface area contributed by atoms with Gasteiger partial charge in [-0.1, -0.05) is 133 Å². The molecule has 11 heteroatoms. The van der Waals surface area contributed by atoms with Crippen LogP contribution in [0.2, 0.25) is 0 Å². The predicted octanol–water partition coefficient (Wildman–Crippen LogP) is 19.3. The normalized spacial score (nSPS) is 12.4. The first-order valence-electron chi connectivity index (χ1n) is 26.0. The van der Waals surface area contributed by atoms with Crippen LogP contribution in [0, 0.1) is 11.3 Å². The highest BCUT2D eigenvalue weighted by molar-refractivity contribution is 6.21. The van der Waals surface area contributed by atoms with E-state index < -0.39 is 29.0 Å². The number of hydrogen-bond donors (Lipinski definition) is 0. The Bertz CT molecular complexity index is 5070. The molecule has 4 heterocycles.